The lowest BCUT2D eigenvalue weighted by Crippen LogP contribution is -2.60. The zero-order valence-corrected chi connectivity index (χ0v) is 13.9. The van der Waals surface area contributed by atoms with Gasteiger partial charge in [0.25, 0.3) is 0 Å². The second kappa shape index (κ2) is 6.53. The normalized spacial score (nSPS) is 40.1. The Bertz CT molecular complexity index is 344. The second-order valence-corrected chi connectivity index (χ2v) is 7.02. The highest BCUT2D eigenvalue weighted by Gasteiger charge is 2.49. The molecule has 0 amide bonds. The van der Waals surface area contributed by atoms with Crippen molar-refractivity contribution >= 4 is 0 Å². The Morgan fingerprint density at radius 3 is 2.57 bits per heavy atom. The van der Waals surface area contributed by atoms with Crippen LogP contribution < -0.4 is 5.32 Å². The summed E-state index contributed by atoms with van der Waals surface area (Å²) >= 11 is 0. The molecule has 2 aliphatic heterocycles. The van der Waals surface area contributed by atoms with Crippen LogP contribution in [0.3, 0.4) is 0 Å². The molecule has 3 fully saturated rings. The lowest BCUT2D eigenvalue weighted by Gasteiger charge is -2.48. The quantitative estimate of drug-likeness (QED) is 0.864. The average Bonchev–Trinajstić information content (AvgIpc) is 3.08. The van der Waals surface area contributed by atoms with E-state index in [-0.39, 0.29) is 5.79 Å². The molecule has 122 valence electrons. The minimum Gasteiger partial charge on any atom is -0.347 e. The van der Waals surface area contributed by atoms with Crippen LogP contribution in [-0.2, 0) is 9.47 Å². The van der Waals surface area contributed by atoms with Crippen LogP contribution in [-0.4, -0.2) is 54.6 Å². The monoisotopic (exact) mass is 296 g/mol. The average molecular weight is 296 g/mol. The van der Waals surface area contributed by atoms with E-state index in [1.54, 1.807) is 0 Å². The molecule has 1 saturated carbocycles. The molecule has 4 unspecified atom stereocenters. The van der Waals surface area contributed by atoms with E-state index in [9.17, 15) is 0 Å². The molecule has 2 heterocycles. The molecule has 2 saturated heterocycles. The summed E-state index contributed by atoms with van der Waals surface area (Å²) in [5, 5.41) is 3.73. The van der Waals surface area contributed by atoms with E-state index in [4.69, 9.17) is 9.47 Å². The van der Waals surface area contributed by atoms with Gasteiger partial charge in [-0.3, -0.25) is 4.90 Å². The number of likely N-dealkylation sites (tertiary alicyclic amines) is 1. The van der Waals surface area contributed by atoms with E-state index in [0.29, 0.717) is 18.1 Å². The highest BCUT2D eigenvalue weighted by atomic mass is 16.7. The van der Waals surface area contributed by atoms with E-state index in [1.165, 1.54) is 19.3 Å². The van der Waals surface area contributed by atoms with Crippen LogP contribution in [0, 0.1) is 0 Å². The van der Waals surface area contributed by atoms with Gasteiger partial charge in [-0.25, -0.2) is 0 Å². The fourth-order valence-corrected chi connectivity index (χ4v) is 4.81. The molecule has 0 aromatic rings. The van der Waals surface area contributed by atoms with Gasteiger partial charge in [0.15, 0.2) is 5.79 Å². The Hall–Kier alpha value is -0.160. The molecule has 4 heteroatoms. The van der Waals surface area contributed by atoms with Crippen LogP contribution in [0.2, 0.25) is 0 Å². The second-order valence-electron chi connectivity index (χ2n) is 7.02. The summed E-state index contributed by atoms with van der Waals surface area (Å²) in [7, 11) is 0. The Balaban J connectivity index is 1.79. The Morgan fingerprint density at radius 2 is 1.90 bits per heavy atom. The lowest BCUT2D eigenvalue weighted by molar-refractivity contribution is -0.195. The van der Waals surface area contributed by atoms with Crippen LogP contribution in [0.4, 0.5) is 0 Å². The van der Waals surface area contributed by atoms with E-state index in [0.717, 1.165) is 45.1 Å². The lowest BCUT2D eigenvalue weighted by atomic mass is 9.83. The summed E-state index contributed by atoms with van der Waals surface area (Å²) in [5.41, 5.74) is 0. The summed E-state index contributed by atoms with van der Waals surface area (Å²) in [6.07, 6.45) is 7.18. The standard InChI is InChI=1S/C17H32N2O2/c1-4-14-7-6-13(3)19(14)16-12-17(20-10-11-21-17)9-8-15(16)18-5-2/h13-16,18H,4-12H2,1-3H3. The van der Waals surface area contributed by atoms with Crippen LogP contribution in [0.25, 0.3) is 0 Å². The number of hydrogen-bond acceptors (Lipinski definition) is 4. The van der Waals surface area contributed by atoms with Gasteiger partial charge in [-0.2, -0.15) is 0 Å². The van der Waals surface area contributed by atoms with Crippen LogP contribution >= 0.6 is 0 Å². The Labute approximate surface area is 129 Å². The number of hydrogen-bond donors (Lipinski definition) is 1. The summed E-state index contributed by atoms with van der Waals surface area (Å²) in [6.45, 7) is 9.54. The van der Waals surface area contributed by atoms with Gasteiger partial charge < -0.3 is 14.8 Å². The maximum atomic E-state index is 6.03. The van der Waals surface area contributed by atoms with Crippen molar-refractivity contribution in [2.24, 2.45) is 0 Å². The van der Waals surface area contributed by atoms with Crippen molar-refractivity contribution < 1.29 is 9.47 Å². The number of nitrogens with one attached hydrogen (secondary N) is 1. The van der Waals surface area contributed by atoms with Crippen molar-refractivity contribution in [3.8, 4) is 0 Å². The molecule has 0 radical (unpaired) electrons. The smallest absolute Gasteiger partial charge is 0.170 e. The predicted molar refractivity (Wildman–Crippen MR) is 84.4 cm³/mol. The fraction of sp³-hybridized carbons (Fsp3) is 1.00. The highest BCUT2D eigenvalue weighted by Crippen LogP contribution is 2.41. The molecule has 1 N–H and O–H groups in total. The first-order chi connectivity index (χ1) is 10.2. The van der Waals surface area contributed by atoms with E-state index >= 15 is 0 Å². The van der Waals surface area contributed by atoms with Gasteiger partial charge in [0.2, 0.25) is 0 Å². The van der Waals surface area contributed by atoms with E-state index in [2.05, 4.69) is 31.0 Å². The predicted octanol–water partition coefficient (Wildman–Crippen LogP) is 2.52. The minimum absolute atomic E-state index is 0.281. The zero-order valence-electron chi connectivity index (χ0n) is 13.9. The topological polar surface area (TPSA) is 33.7 Å². The third-order valence-electron chi connectivity index (χ3n) is 5.80. The van der Waals surface area contributed by atoms with E-state index < -0.39 is 0 Å². The van der Waals surface area contributed by atoms with Crippen LogP contribution in [0.5, 0.6) is 0 Å². The maximum absolute atomic E-state index is 6.03. The van der Waals surface area contributed by atoms with Crippen molar-refractivity contribution in [3.63, 3.8) is 0 Å². The van der Waals surface area contributed by atoms with Gasteiger partial charge in [0.05, 0.1) is 13.2 Å². The third kappa shape index (κ3) is 3.00. The molecule has 4 nitrogen and oxygen atoms in total. The van der Waals surface area contributed by atoms with Crippen LogP contribution in [0.1, 0.15) is 59.3 Å². The highest BCUT2D eigenvalue weighted by molar-refractivity contribution is 5.01. The van der Waals surface area contributed by atoms with Crippen molar-refractivity contribution in [2.75, 3.05) is 19.8 Å². The molecular weight excluding hydrogens is 264 g/mol. The van der Waals surface area contributed by atoms with Gasteiger partial charge in [-0.05, 0) is 39.2 Å². The molecule has 3 rings (SSSR count). The number of nitrogens with zero attached hydrogens (tertiary/aromatic N) is 1. The molecule has 0 bridgehead atoms. The SMILES string of the molecule is CCNC1CCC2(CC1N1C(C)CCC1CC)OCCO2. The number of likely N-dealkylation sites (N-methyl/N-ethyl adjacent to an activating group) is 1. The van der Waals surface area contributed by atoms with Crippen molar-refractivity contribution in [1.82, 2.24) is 10.2 Å². The molecule has 1 aliphatic carbocycles. The largest absolute Gasteiger partial charge is 0.347 e. The van der Waals surface area contributed by atoms with Crippen molar-refractivity contribution in [1.29, 1.82) is 0 Å². The molecule has 0 aromatic carbocycles. The van der Waals surface area contributed by atoms with Gasteiger partial charge in [0, 0.05) is 37.0 Å². The molecule has 21 heavy (non-hydrogen) atoms. The van der Waals surface area contributed by atoms with Crippen LogP contribution in [0.15, 0.2) is 0 Å². The Kier molecular flexibility index (Phi) is 4.89. The van der Waals surface area contributed by atoms with Crippen molar-refractivity contribution in [3.05, 3.63) is 0 Å². The first-order valence-corrected chi connectivity index (χ1v) is 8.98. The Morgan fingerprint density at radius 1 is 1.14 bits per heavy atom. The summed E-state index contributed by atoms with van der Waals surface area (Å²) < 4.78 is 12.1. The summed E-state index contributed by atoms with van der Waals surface area (Å²) in [6, 6.07) is 2.57. The zero-order chi connectivity index (χ0) is 14.9. The van der Waals surface area contributed by atoms with Gasteiger partial charge in [-0.1, -0.05) is 13.8 Å². The summed E-state index contributed by atoms with van der Waals surface area (Å²) in [5.74, 6) is -0.281. The van der Waals surface area contributed by atoms with E-state index in [1.807, 2.05) is 0 Å². The minimum atomic E-state index is -0.281. The van der Waals surface area contributed by atoms with Gasteiger partial charge in [0.1, 0.15) is 0 Å². The fourth-order valence-electron chi connectivity index (χ4n) is 4.81. The molecule has 3 aliphatic rings. The molecule has 4 atom stereocenters. The molecule has 0 aromatic heterocycles. The molecular formula is C17H32N2O2. The molecule has 1 spiro atoms. The number of ether oxygens (including phenoxy) is 2. The summed E-state index contributed by atoms with van der Waals surface area (Å²) in [4.78, 5) is 2.79. The van der Waals surface area contributed by atoms with Crippen molar-refractivity contribution in [2.45, 2.75) is 89.3 Å². The maximum Gasteiger partial charge on any atom is 0.170 e. The van der Waals surface area contributed by atoms with Gasteiger partial charge in [-0.15, -0.1) is 0 Å². The first-order valence-electron chi connectivity index (χ1n) is 8.98. The third-order valence-corrected chi connectivity index (χ3v) is 5.80. The first kappa shape index (κ1) is 15.7. The van der Waals surface area contributed by atoms with Gasteiger partial charge >= 0.3 is 0 Å². The number of rotatable bonds is 4.